The first-order valence-electron chi connectivity index (χ1n) is 10.3. The summed E-state index contributed by atoms with van der Waals surface area (Å²) in [6.07, 6.45) is 4.70. The zero-order valence-corrected chi connectivity index (χ0v) is 17.8. The molecular formula is C24H29NO5. The first kappa shape index (κ1) is 22.1. The molecule has 30 heavy (non-hydrogen) atoms. The first-order chi connectivity index (χ1) is 14.3. The summed E-state index contributed by atoms with van der Waals surface area (Å²) in [5, 5.41) is 0. The normalized spacial score (nSPS) is 16.8. The summed E-state index contributed by atoms with van der Waals surface area (Å²) in [6, 6.07) is 11.5. The minimum Gasteiger partial charge on any atom is -0.454 e. The lowest BCUT2D eigenvalue weighted by molar-refractivity contribution is -0.169. The Kier molecular flexibility index (Phi) is 7.34. The number of Topliss-reactive ketones (excluding diaryl/α,β-unsaturated/α-hetero) is 1. The van der Waals surface area contributed by atoms with E-state index in [2.05, 4.69) is 4.98 Å². The molecule has 0 bridgehead atoms. The van der Waals surface area contributed by atoms with Crippen molar-refractivity contribution in [2.24, 2.45) is 0 Å². The summed E-state index contributed by atoms with van der Waals surface area (Å²) in [4.78, 5) is 28.6. The van der Waals surface area contributed by atoms with Crippen LogP contribution >= 0.6 is 0 Å². The van der Waals surface area contributed by atoms with Gasteiger partial charge in [-0.2, -0.15) is 0 Å². The molecule has 1 aromatic heterocycles. The molecule has 1 unspecified atom stereocenters. The van der Waals surface area contributed by atoms with Gasteiger partial charge in [0.2, 0.25) is 5.78 Å². The van der Waals surface area contributed by atoms with E-state index in [0.29, 0.717) is 6.61 Å². The molecule has 0 spiro atoms. The average Bonchev–Trinajstić information content (AvgIpc) is 2.72. The summed E-state index contributed by atoms with van der Waals surface area (Å²) in [5.41, 5.74) is 2.81. The molecule has 0 aliphatic carbocycles. The fourth-order valence-electron chi connectivity index (χ4n) is 3.21. The molecule has 1 fully saturated rings. The van der Waals surface area contributed by atoms with Crippen molar-refractivity contribution in [2.45, 2.75) is 65.0 Å². The molecule has 3 rings (SSSR count). The highest BCUT2D eigenvalue weighted by Gasteiger charge is 2.23. The maximum atomic E-state index is 12.2. The van der Waals surface area contributed by atoms with Crippen LogP contribution in [0.3, 0.4) is 0 Å². The van der Waals surface area contributed by atoms with Crippen LogP contribution in [0.5, 0.6) is 0 Å². The number of aromatic nitrogens is 1. The van der Waals surface area contributed by atoms with E-state index < -0.39 is 17.4 Å². The van der Waals surface area contributed by atoms with Crippen molar-refractivity contribution in [3.8, 4) is 11.1 Å². The molecule has 160 valence electrons. The van der Waals surface area contributed by atoms with Crippen molar-refractivity contribution in [1.29, 1.82) is 0 Å². The van der Waals surface area contributed by atoms with E-state index in [-0.39, 0.29) is 12.7 Å². The molecular weight excluding hydrogens is 382 g/mol. The number of esters is 1. The second-order valence-electron chi connectivity index (χ2n) is 8.45. The van der Waals surface area contributed by atoms with Gasteiger partial charge in [0.25, 0.3) is 0 Å². The number of ether oxygens (including phenoxy) is 3. The molecule has 1 saturated heterocycles. The largest absolute Gasteiger partial charge is 0.454 e. The fraction of sp³-hybridized carbons (Fsp3) is 0.458. The van der Waals surface area contributed by atoms with Gasteiger partial charge in [-0.25, -0.2) is 4.79 Å². The van der Waals surface area contributed by atoms with Gasteiger partial charge >= 0.3 is 5.97 Å². The summed E-state index contributed by atoms with van der Waals surface area (Å²) >= 11 is 0. The molecule has 0 amide bonds. The average molecular weight is 411 g/mol. The second-order valence-corrected chi connectivity index (χ2v) is 8.45. The van der Waals surface area contributed by atoms with E-state index in [4.69, 9.17) is 14.2 Å². The van der Waals surface area contributed by atoms with Gasteiger partial charge in [-0.1, -0.05) is 24.3 Å². The van der Waals surface area contributed by atoms with Crippen LogP contribution in [0.25, 0.3) is 11.1 Å². The lowest BCUT2D eigenvalue weighted by atomic mass is 10.0. The van der Waals surface area contributed by atoms with Crippen molar-refractivity contribution in [3.05, 3.63) is 53.9 Å². The van der Waals surface area contributed by atoms with Crippen LogP contribution in [0.1, 0.15) is 51.3 Å². The van der Waals surface area contributed by atoms with Crippen molar-refractivity contribution in [2.75, 3.05) is 6.61 Å². The highest BCUT2D eigenvalue weighted by atomic mass is 16.7. The molecule has 2 aromatic rings. The molecule has 1 aliphatic heterocycles. The number of pyridine rings is 1. The Morgan fingerprint density at radius 2 is 1.93 bits per heavy atom. The van der Waals surface area contributed by atoms with Crippen molar-refractivity contribution in [3.63, 3.8) is 0 Å². The van der Waals surface area contributed by atoms with Crippen LogP contribution in [0, 0.1) is 0 Å². The quantitative estimate of drug-likeness (QED) is 0.501. The molecule has 1 atom stereocenters. The maximum Gasteiger partial charge on any atom is 0.375 e. The van der Waals surface area contributed by atoms with Gasteiger partial charge in [-0.3, -0.25) is 9.78 Å². The zero-order valence-electron chi connectivity index (χ0n) is 17.8. The number of carbonyl (C=O) groups is 2. The van der Waals surface area contributed by atoms with Crippen LogP contribution in [0.4, 0.5) is 0 Å². The molecule has 1 aliphatic rings. The smallest absolute Gasteiger partial charge is 0.375 e. The number of benzene rings is 1. The van der Waals surface area contributed by atoms with E-state index in [0.717, 1.165) is 48.3 Å². The summed E-state index contributed by atoms with van der Waals surface area (Å²) in [6.45, 7) is 6.35. The number of hydrogen-bond acceptors (Lipinski definition) is 6. The van der Waals surface area contributed by atoms with Gasteiger partial charge in [-0.15, -0.1) is 0 Å². The summed E-state index contributed by atoms with van der Waals surface area (Å²) in [5.74, 6) is -1.36. The van der Waals surface area contributed by atoms with Gasteiger partial charge in [0.05, 0.1) is 12.3 Å². The van der Waals surface area contributed by atoms with Crippen molar-refractivity contribution >= 4 is 11.8 Å². The third-order valence-corrected chi connectivity index (χ3v) is 4.62. The number of ketones is 1. The highest BCUT2D eigenvalue weighted by Crippen LogP contribution is 2.22. The van der Waals surface area contributed by atoms with Crippen LogP contribution in [0.2, 0.25) is 0 Å². The van der Waals surface area contributed by atoms with Crippen LogP contribution < -0.4 is 0 Å². The minimum absolute atomic E-state index is 0.00280. The Morgan fingerprint density at radius 3 is 2.67 bits per heavy atom. The lowest BCUT2D eigenvalue weighted by Gasteiger charge is -2.22. The Bertz CT molecular complexity index is 881. The molecule has 1 aromatic carbocycles. The molecule has 0 saturated carbocycles. The number of carbonyl (C=O) groups excluding carboxylic acids is 2. The molecule has 6 nitrogen and oxygen atoms in total. The van der Waals surface area contributed by atoms with Crippen molar-refractivity contribution in [1.82, 2.24) is 4.98 Å². The van der Waals surface area contributed by atoms with E-state index in [9.17, 15) is 9.59 Å². The van der Waals surface area contributed by atoms with E-state index >= 15 is 0 Å². The number of rotatable bonds is 7. The standard InChI is InChI=1S/C24H29NO5/c1-24(2,3)30-23(27)21(26)14-17-7-6-8-18(13-17)19-10-11-25-20(15-19)16-29-22-9-4-5-12-28-22/h6-8,10-11,13,15,22H,4-5,9,12,14,16H2,1-3H3. The first-order valence-corrected chi connectivity index (χ1v) is 10.3. The van der Waals surface area contributed by atoms with Gasteiger partial charge in [0.1, 0.15) is 5.60 Å². The van der Waals surface area contributed by atoms with Crippen LogP contribution in [-0.4, -0.2) is 35.2 Å². The Labute approximate surface area is 177 Å². The number of nitrogens with zero attached hydrogens (tertiary/aromatic N) is 1. The lowest BCUT2D eigenvalue weighted by Crippen LogP contribution is -2.29. The summed E-state index contributed by atoms with van der Waals surface area (Å²) < 4.78 is 16.6. The Balaban J connectivity index is 1.65. The minimum atomic E-state index is -0.804. The Hall–Kier alpha value is -2.57. The number of hydrogen-bond donors (Lipinski definition) is 0. The highest BCUT2D eigenvalue weighted by molar-refractivity contribution is 6.34. The van der Waals surface area contributed by atoms with E-state index in [1.165, 1.54) is 0 Å². The summed E-state index contributed by atoms with van der Waals surface area (Å²) in [7, 11) is 0. The van der Waals surface area contributed by atoms with Crippen LogP contribution in [-0.2, 0) is 36.8 Å². The van der Waals surface area contributed by atoms with Gasteiger partial charge in [-0.05, 0) is 68.9 Å². The Morgan fingerprint density at radius 1 is 1.13 bits per heavy atom. The predicted molar refractivity (Wildman–Crippen MR) is 113 cm³/mol. The van der Waals surface area contributed by atoms with E-state index in [1.807, 2.05) is 36.4 Å². The van der Waals surface area contributed by atoms with E-state index in [1.54, 1.807) is 27.0 Å². The third kappa shape index (κ3) is 6.75. The second kappa shape index (κ2) is 9.96. The third-order valence-electron chi connectivity index (χ3n) is 4.62. The van der Waals surface area contributed by atoms with Crippen LogP contribution in [0.15, 0.2) is 42.6 Å². The molecule has 0 N–H and O–H groups in total. The van der Waals surface area contributed by atoms with Crippen molar-refractivity contribution < 1.29 is 23.8 Å². The topological polar surface area (TPSA) is 74.7 Å². The molecule has 0 radical (unpaired) electrons. The predicted octanol–water partition coefficient (Wildman–Crippen LogP) is 4.25. The molecule has 6 heteroatoms. The fourth-order valence-corrected chi connectivity index (χ4v) is 3.21. The van der Waals surface area contributed by atoms with Gasteiger partial charge in [0, 0.05) is 19.2 Å². The van der Waals surface area contributed by atoms with Gasteiger partial charge in [0.15, 0.2) is 6.29 Å². The molecule has 2 heterocycles. The SMILES string of the molecule is CC(C)(C)OC(=O)C(=O)Cc1cccc(-c2ccnc(COC3CCCCO3)c2)c1. The monoisotopic (exact) mass is 411 g/mol. The zero-order chi connectivity index (χ0) is 21.6. The van der Waals surface area contributed by atoms with Gasteiger partial charge < -0.3 is 14.2 Å². The maximum absolute atomic E-state index is 12.2.